The third-order valence-electron chi connectivity index (χ3n) is 8.55. The topological polar surface area (TPSA) is 70.7 Å². The molecule has 1 aromatic rings. The highest BCUT2D eigenvalue weighted by Gasteiger charge is 2.69. The standard InChI is InChI=1S/C28H39N3O3/c1-2-34-21-9-7-20(8-10-21)19-30-27(33)25-23-12-11-22(28(23)13-14-28)24(25)26(32)29-15-3-4-16-31-17-5-6-18-31/h7-12,22-25H,2-6,13-19H2,1H3,(H,29,32)(H,30,33)/t22-,23+,24-,25-/m1/s1. The van der Waals surface area contributed by atoms with Crippen LogP contribution in [0.25, 0.3) is 0 Å². The van der Waals surface area contributed by atoms with Crippen LogP contribution < -0.4 is 15.4 Å². The van der Waals surface area contributed by atoms with E-state index in [9.17, 15) is 9.59 Å². The normalized spacial score (nSPS) is 28.4. The molecule has 3 fully saturated rings. The van der Waals surface area contributed by atoms with Gasteiger partial charge in [-0.1, -0.05) is 24.3 Å². The van der Waals surface area contributed by atoms with Gasteiger partial charge in [0.05, 0.1) is 18.4 Å². The first-order chi connectivity index (χ1) is 16.6. The highest BCUT2D eigenvalue weighted by atomic mass is 16.5. The Morgan fingerprint density at radius 1 is 0.971 bits per heavy atom. The van der Waals surface area contributed by atoms with Crippen molar-refractivity contribution in [3.8, 4) is 5.75 Å². The largest absolute Gasteiger partial charge is 0.494 e. The van der Waals surface area contributed by atoms with E-state index in [1.807, 2.05) is 31.2 Å². The predicted octanol–water partition coefficient (Wildman–Crippen LogP) is 3.52. The summed E-state index contributed by atoms with van der Waals surface area (Å²) in [5.41, 5.74) is 1.20. The third kappa shape index (κ3) is 4.61. The van der Waals surface area contributed by atoms with Gasteiger partial charge in [0.25, 0.3) is 0 Å². The smallest absolute Gasteiger partial charge is 0.224 e. The Balaban J connectivity index is 1.16. The maximum atomic E-state index is 13.4. The molecule has 2 bridgehead atoms. The second kappa shape index (κ2) is 10.1. The molecule has 1 heterocycles. The summed E-state index contributed by atoms with van der Waals surface area (Å²) in [6.07, 6.45) is 11.5. The molecule has 1 spiro atoms. The van der Waals surface area contributed by atoms with Crippen LogP contribution in [0.3, 0.4) is 0 Å². The van der Waals surface area contributed by atoms with Crippen LogP contribution in [-0.4, -0.2) is 49.5 Å². The molecule has 4 aliphatic rings. The Kier molecular flexibility index (Phi) is 6.96. The number of amides is 2. The minimum absolute atomic E-state index is 0.0196. The summed E-state index contributed by atoms with van der Waals surface area (Å²) < 4.78 is 5.50. The zero-order chi connectivity index (χ0) is 23.5. The van der Waals surface area contributed by atoms with Gasteiger partial charge in [-0.25, -0.2) is 0 Å². The van der Waals surface area contributed by atoms with E-state index in [0.29, 0.717) is 19.7 Å². The van der Waals surface area contributed by atoms with Crippen LogP contribution in [0.4, 0.5) is 0 Å². The van der Waals surface area contributed by atoms with Gasteiger partial charge in [0.2, 0.25) is 11.8 Å². The van der Waals surface area contributed by atoms with Gasteiger partial charge in [0.15, 0.2) is 0 Å². The van der Waals surface area contributed by atoms with Gasteiger partial charge in [-0.05, 0) is 100 Å². The zero-order valence-corrected chi connectivity index (χ0v) is 20.4. The number of carbonyl (C=O) groups is 2. The molecule has 1 aromatic carbocycles. The maximum absolute atomic E-state index is 13.4. The van der Waals surface area contributed by atoms with Gasteiger partial charge in [-0.3, -0.25) is 9.59 Å². The molecule has 5 rings (SSSR count). The third-order valence-corrected chi connectivity index (χ3v) is 8.55. The molecule has 1 aliphatic heterocycles. The molecule has 0 aromatic heterocycles. The van der Waals surface area contributed by atoms with Crippen LogP contribution in [0.2, 0.25) is 0 Å². The summed E-state index contributed by atoms with van der Waals surface area (Å²) in [5.74, 6) is 0.841. The minimum Gasteiger partial charge on any atom is -0.494 e. The number of carbonyl (C=O) groups excluding carboxylic acids is 2. The van der Waals surface area contributed by atoms with Gasteiger partial charge in [0.1, 0.15) is 5.75 Å². The quantitative estimate of drug-likeness (QED) is 0.388. The van der Waals surface area contributed by atoms with Crippen molar-refractivity contribution in [2.75, 3.05) is 32.8 Å². The van der Waals surface area contributed by atoms with Gasteiger partial charge in [0, 0.05) is 13.1 Å². The summed E-state index contributed by atoms with van der Waals surface area (Å²) >= 11 is 0. The van der Waals surface area contributed by atoms with E-state index < -0.39 is 0 Å². The maximum Gasteiger partial charge on any atom is 0.224 e. The number of rotatable bonds is 11. The first-order valence-electron chi connectivity index (χ1n) is 13.3. The number of unbranched alkanes of at least 4 members (excludes halogenated alkanes) is 1. The summed E-state index contributed by atoms with van der Waals surface area (Å²) in [6.45, 7) is 7.35. The van der Waals surface area contributed by atoms with E-state index in [-0.39, 0.29) is 40.9 Å². The second-order valence-electron chi connectivity index (χ2n) is 10.6. The Morgan fingerprint density at radius 3 is 2.24 bits per heavy atom. The molecule has 3 aliphatic carbocycles. The predicted molar refractivity (Wildman–Crippen MR) is 132 cm³/mol. The molecule has 1 saturated heterocycles. The summed E-state index contributed by atoms with van der Waals surface area (Å²) in [7, 11) is 0. The molecule has 34 heavy (non-hydrogen) atoms. The number of nitrogens with one attached hydrogen (secondary N) is 2. The van der Waals surface area contributed by atoms with Crippen LogP contribution in [0.5, 0.6) is 5.75 Å². The van der Waals surface area contributed by atoms with Gasteiger partial charge in [-0.2, -0.15) is 0 Å². The lowest BCUT2D eigenvalue weighted by molar-refractivity contribution is -0.135. The molecule has 6 heteroatoms. The van der Waals surface area contributed by atoms with Crippen LogP contribution in [0.15, 0.2) is 36.4 Å². The number of hydrogen-bond donors (Lipinski definition) is 2. The van der Waals surface area contributed by atoms with Crippen molar-refractivity contribution < 1.29 is 14.3 Å². The molecule has 6 nitrogen and oxygen atoms in total. The van der Waals surface area contributed by atoms with Crippen molar-refractivity contribution in [2.45, 2.75) is 52.0 Å². The lowest BCUT2D eigenvalue weighted by atomic mass is 9.81. The van der Waals surface area contributed by atoms with Crippen molar-refractivity contribution in [1.29, 1.82) is 0 Å². The molecule has 4 atom stereocenters. The molecular formula is C28H39N3O3. The highest BCUT2D eigenvalue weighted by Crippen LogP contribution is 2.72. The molecule has 184 valence electrons. The van der Waals surface area contributed by atoms with Gasteiger partial charge >= 0.3 is 0 Å². The Labute approximate surface area is 203 Å². The van der Waals surface area contributed by atoms with Crippen molar-refractivity contribution in [3.05, 3.63) is 42.0 Å². The Morgan fingerprint density at radius 2 is 1.62 bits per heavy atom. The molecule has 2 saturated carbocycles. The summed E-state index contributed by atoms with van der Waals surface area (Å²) in [6, 6.07) is 7.84. The highest BCUT2D eigenvalue weighted by molar-refractivity contribution is 5.90. The zero-order valence-electron chi connectivity index (χ0n) is 20.4. The summed E-state index contributed by atoms with van der Waals surface area (Å²) in [4.78, 5) is 29.2. The minimum atomic E-state index is -0.259. The monoisotopic (exact) mass is 465 g/mol. The first-order valence-corrected chi connectivity index (χ1v) is 13.3. The number of nitrogens with zero attached hydrogens (tertiary/aromatic N) is 1. The fourth-order valence-electron chi connectivity index (χ4n) is 6.68. The molecule has 0 unspecified atom stereocenters. The van der Waals surface area contributed by atoms with Crippen molar-refractivity contribution >= 4 is 11.8 Å². The van der Waals surface area contributed by atoms with Gasteiger partial charge in [-0.15, -0.1) is 0 Å². The van der Waals surface area contributed by atoms with Crippen molar-refractivity contribution in [3.63, 3.8) is 0 Å². The van der Waals surface area contributed by atoms with Crippen LogP contribution in [0, 0.1) is 29.1 Å². The van der Waals surface area contributed by atoms with Crippen molar-refractivity contribution in [1.82, 2.24) is 15.5 Å². The summed E-state index contributed by atoms with van der Waals surface area (Å²) in [5, 5.41) is 6.33. The van der Waals surface area contributed by atoms with E-state index in [4.69, 9.17) is 4.74 Å². The average molecular weight is 466 g/mol. The molecular weight excluding hydrogens is 426 g/mol. The Bertz CT molecular complexity index is 902. The molecule has 2 amide bonds. The van der Waals surface area contributed by atoms with Crippen LogP contribution in [-0.2, 0) is 16.1 Å². The average Bonchev–Trinajstić information content (AvgIpc) is 3.21. The van der Waals surface area contributed by atoms with E-state index in [2.05, 4.69) is 27.7 Å². The lowest BCUT2D eigenvalue weighted by Crippen LogP contribution is -2.44. The first kappa shape index (κ1) is 23.4. The second-order valence-corrected chi connectivity index (χ2v) is 10.6. The van der Waals surface area contributed by atoms with E-state index >= 15 is 0 Å². The number of benzene rings is 1. The van der Waals surface area contributed by atoms with Crippen molar-refractivity contribution in [2.24, 2.45) is 29.1 Å². The Hall–Kier alpha value is -2.34. The molecule has 0 radical (unpaired) electrons. The number of hydrogen-bond acceptors (Lipinski definition) is 4. The number of allylic oxidation sites excluding steroid dienone is 2. The van der Waals surface area contributed by atoms with Crippen LogP contribution >= 0.6 is 0 Å². The van der Waals surface area contributed by atoms with Crippen LogP contribution in [0.1, 0.15) is 51.0 Å². The molecule has 2 N–H and O–H groups in total. The van der Waals surface area contributed by atoms with E-state index in [1.165, 1.54) is 25.9 Å². The number of likely N-dealkylation sites (tertiary alicyclic amines) is 1. The number of ether oxygens (including phenoxy) is 1. The van der Waals surface area contributed by atoms with Gasteiger partial charge < -0.3 is 20.3 Å². The fourth-order valence-corrected chi connectivity index (χ4v) is 6.68. The fraction of sp³-hybridized carbons (Fsp3) is 0.643. The lowest BCUT2D eigenvalue weighted by Gasteiger charge is -2.26. The van der Waals surface area contributed by atoms with E-state index in [0.717, 1.165) is 43.5 Å². The van der Waals surface area contributed by atoms with E-state index in [1.54, 1.807) is 0 Å². The SMILES string of the molecule is CCOc1ccc(CNC(=O)[C@H]2[C@H](C(=O)NCCCCN3CCCC3)[C@H]3C=C[C@@H]2C32CC2)cc1.